The largest absolute Gasteiger partial charge is 0.497 e. The number of benzene rings is 3. The normalized spacial score (nSPS) is 29.7. The van der Waals surface area contributed by atoms with Gasteiger partial charge in [-0.2, -0.15) is 5.26 Å². The molecule has 5 nitrogen and oxygen atoms in total. The van der Waals surface area contributed by atoms with E-state index >= 15 is 0 Å². The summed E-state index contributed by atoms with van der Waals surface area (Å²) in [5.74, 6) is 1.93. The van der Waals surface area contributed by atoms with E-state index in [0.717, 1.165) is 80.6 Å². The highest BCUT2D eigenvalue weighted by Crippen LogP contribution is 2.68. The second-order valence-corrected chi connectivity index (χ2v) is 13.0. The van der Waals surface area contributed by atoms with Gasteiger partial charge in [0.05, 0.1) is 24.7 Å². The van der Waals surface area contributed by atoms with E-state index in [1.165, 1.54) is 22.3 Å². The molecular formula is C38H41NO4. The Labute approximate surface area is 255 Å². The standard InChI is InChI=1S/C38H41NO4/c1-37-23-32(27-11-13-29(14-12-27)42-24-26-8-4-3-5-9-26)36-31-16-15-30(40-2)22-28(31)19-20-38(36,25-39)33(37)17-18-34(37)43-35-10-6-7-21-41-35/h3-5,8-9,11-16,22,33-35H,6-7,10,17-21,23-24H2,1-2H3/t33-,34+,35?,37+,38-/m1/s1. The van der Waals surface area contributed by atoms with Crippen molar-refractivity contribution in [3.05, 3.63) is 95.1 Å². The molecule has 0 radical (unpaired) electrons. The van der Waals surface area contributed by atoms with Crippen LogP contribution in [0.4, 0.5) is 0 Å². The lowest BCUT2D eigenvalue weighted by Gasteiger charge is -2.53. The molecule has 222 valence electrons. The highest BCUT2D eigenvalue weighted by molar-refractivity contribution is 5.98. The van der Waals surface area contributed by atoms with E-state index in [0.29, 0.717) is 6.61 Å². The van der Waals surface area contributed by atoms with Gasteiger partial charge in [0.25, 0.3) is 0 Å². The van der Waals surface area contributed by atoms with Crippen LogP contribution in [0.1, 0.15) is 74.1 Å². The first-order valence-electron chi connectivity index (χ1n) is 15.9. The zero-order valence-electron chi connectivity index (χ0n) is 25.3. The third-order valence-corrected chi connectivity index (χ3v) is 10.6. The van der Waals surface area contributed by atoms with Crippen LogP contribution in [-0.2, 0) is 22.5 Å². The molecule has 7 rings (SSSR count). The van der Waals surface area contributed by atoms with Gasteiger partial charge in [-0.15, -0.1) is 0 Å². The quantitative estimate of drug-likeness (QED) is 0.283. The van der Waals surface area contributed by atoms with Crippen molar-refractivity contribution in [3.63, 3.8) is 0 Å². The molecule has 0 spiro atoms. The molecule has 5 atom stereocenters. The maximum atomic E-state index is 11.2. The zero-order valence-corrected chi connectivity index (χ0v) is 25.3. The first-order chi connectivity index (χ1) is 21.0. The monoisotopic (exact) mass is 575 g/mol. The number of aryl methyl sites for hydroxylation is 1. The summed E-state index contributed by atoms with van der Waals surface area (Å²) in [7, 11) is 1.72. The van der Waals surface area contributed by atoms with E-state index in [-0.39, 0.29) is 23.7 Å². The fourth-order valence-electron chi connectivity index (χ4n) is 8.50. The molecule has 1 unspecified atom stereocenters. The SMILES string of the molecule is COc1ccc2c(c1)CC[C@]1(C#N)C2=C(c2ccc(OCc3ccccc3)cc2)C[C@]2(C)[C@@H](OC3CCCCO3)CC[C@H]21. The molecule has 0 N–H and O–H groups in total. The van der Waals surface area contributed by atoms with Gasteiger partial charge in [0.1, 0.15) is 18.1 Å². The van der Waals surface area contributed by atoms with Crippen LogP contribution in [0.2, 0.25) is 0 Å². The van der Waals surface area contributed by atoms with Gasteiger partial charge in [0.2, 0.25) is 0 Å². The van der Waals surface area contributed by atoms with E-state index in [9.17, 15) is 5.26 Å². The number of nitriles is 1. The molecule has 1 saturated carbocycles. The minimum atomic E-state index is -0.571. The Morgan fingerprint density at radius 3 is 2.51 bits per heavy atom. The van der Waals surface area contributed by atoms with Crippen molar-refractivity contribution >= 4 is 11.1 Å². The molecule has 43 heavy (non-hydrogen) atoms. The van der Waals surface area contributed by atoms with E-state index < -0.39 is 5.41 Å². The Bertz CT molecular complexity index is 1530. The predicted molar refractivity (Wildman–Crippen MR) is 167 cm³/mol. The van der Waals surface area contributed by atoms with Crippen LogP contribution in [0.3, 0.4) is 0 Å². The van der Waals surface area contributed by atoms with Crippen LogP contribution in [-0.4, -0.2) is 26.1 Å². The number of hydrogen-bond donors (Lipinski definition) is 0. The van der Waals surface area contributed by atoms with Crippen molar-refractivity contribution in [2.75, 3.05) is 13.7 Å². The second-order valence-electron chi connectivity index (χ2n) is 13.0. The summed E-state index contributed by atoms with van der Waals surface area (Å²) in [6.07, 6.45) is 7.64. The van der Waals surface area contributed by atoms with Crippen molar-refractivity contribution < 1.29 is 18.9 Å². The van der Waals surface area contributed by atoms with Gasteiger partial charge in [-0.25, -0.2) is 0 Å². The van der Waals surface area contributed by atoms with Gasteiger partial charge in [-0.05, 0) is 115 Å². The fourth-order valence-corrected chi connectivity index (χ4v) is 8.50. The van der Waals surface area contributed by atoms with Crippen LogP contribution in [0.5, 0.6) is 11.5 Å². The Morgan fingerprint density at radius 2 is 1.77 bits per heavy atom. The summed E-state index contributed by atoms with van der Waals surface area (Å²) < 4.78 is 24.6. The number of ether oxygens (including phenoxy) is 4. The van der Waals surface area contributed by atoms with E-state index in [1.807, 2.05) is 24.3 Å². The van der Waals surface area contributed by atoms with Crippen LogP contribution < -0.4 is 9.47 Å². The van der Waals surface area contributed by atoms with E-state index in [4.69, 9.17) is 18.9 Å². The minimum absolute atomic E-state index is 0.0631. The highest BCUT2D eigenvalue weighted by atomic mass is 16.7. The van der Waals surface area contributed by atoms with Crippen LogP contribution >= 0.6 is 0 Å². The van der Waals surface area contributed by atoms with Crippen LogP contribution in [0.15, 0.2) is 72.8 Å². The van der Waals surface area contributed by atoms with Crippen LogP contribution in [0.25, 0.3) is 11.1 Å². The lowest BCUT2D eigenvalue weighted by molar-refractivity contribution is -0.209. The van der Waals surface area contributed by atoms with Crippen molar-refractivity contribution in [1.82, 2.24) is 0 Å². The van der Waals surface area contributed by atoms with Gasteiger partial charge in [0.15, 0.2) is 6.29 Å². The van der Waals surface area contributed by atoms with E-state index in [2.05, 4.69) is 61.5 Å². The number of allylic oxidation sites excluding steroid dienone is 2. The summed E-state index contributed by atoms with van der Waals surface area (Å²) in [5.41, 5.74) is 6.52. The Hall–Kier alpha value is -3.59. The van der Waals surface area contributed by atoms with Crippen molar-refractivity contribution in [3.8, 4) is 17.6 Å². The number of nitrogens with zero attached hydrogens (tertiary/aromatic N) is 1. The molecule has 3 aliphatic carbocycles. The van der Waals surface area contributed by atoms with Gasteiger partial charge in [0, 0.05) is 12.0 Å². The molecule has 5 heteroatoms. The molecule has 2 fully saturated rings. The Morgan fingerprint density at radius 1 is 0.953 bits per heavy atom. The molecule has 0 amide bonds. The molecule has 3 aromatic rings. The molecule has 1 heterocycles. The van der Waals surface area contributed by atoms with Crippen molar-refractivity contribution in [1.29, 1.82) is 5.26 Å². The van der Waals surface area contributed by atoms with E-state index in [1.54, 1.807) is 7.11 Å². The van der Waals surface area contributed by atoms with Crippen molar-refractivity contribution in [2.24, 2.45) is 16.7 Å². The molecule has 1 aliphatic heterocycles. The number of hydrogen-bond acceptors (Lipinski definition) is 5. The summed E-state index contributed by atoms with van der Waals surface area (Å²) in [4.78, 5) is 0. The smallest absolute Gasteiger partial charge is 0.157 e. The van der Waals surface area contributed by atoms with Gasteiger partial charge < -0.3 is 18.9 Å². The highest BCUT2D eigenvalue weighted by Gasteiger charge is 2.62. The maximum absolute atomic E-state index is 11.2. The third kappa shape index (κ3) is 4.95. The number of fused-ring (bicyclic) bond motifs is 5. The fraction of sp³-hybridized carbons (Fsp3) is 0.447. The molecule has 4 aliphatic rings. The average Bonchev–Trinajstić information content (AvgIpc) is 3.39. The predicted octanol–water partition coefficient (Wildman–Crippen LogP) is 8.37. The van der Waals surface area contributed by atoms with Gasteiger partial charge >= 0.3 is 0 Å². The molecule has 0 bridgehead atoms. The summed E-state index contributed by atoms with van der Waals surface area (Å²) >= 11 is 0. The topological polar surface area (TPSA) is 60.7 Å². The van der Waals surface area contributed by atoms with Gasteiger partial charge in [-0.3, -0.25) is 0 Å². The Kier molecular flexibility index (Phi) is 7.53. The minimum Gasteiger partial charge on any atom is -0.497 e. The summed E-state index contributed by atoms with van der Waals surface area (Å²) in [6, 6.07) is 28.1. The maximum Gasteiger partial charge on any atom is 0.157 e. The average molecular weight is 576 g/mol. The molecule has 3 aromatic carbocycles. The summed E-state index contributed by atoms with van der Waals surface area (Å²) in [5, 5.41) is 11.2. The first-order valence-corrected chi connectivity index (χ1v) is 15.9. The number of rotatable bonds is 7. The first kappa shape index (κ1) is 28.2. The van der Waals surface area contributed by atoms with Crippen molar-refractivity contribution in [2.45, 2.75) is 77.3 Å². The summed E-state index contributed by atoms with van der Waals surface area (Å²) in [6.45, 7) is 3.69. The Balaban J connectivity index is 1.30. The van der Waals surface area contributed by atoms with Crippen LogP contribution in [0, 0.1) is 28.1 Å². The molecule has 1 saturated heterocycles. The molecule has 0 aromatic heterocycles. The lowest BCUT2D eigenvalue weighted by atomic mass is 9.49. The lowest BCUT2D eigenvalue weighted by Crippen LogP contribution is -2.49. The second kappa shape index (κ2) is 11.5. The third-order valence-electron chi connectivity index (χ3n) is 10.6. The zero-order chi connectivity index (χ0) is 29.4. The number of methoxy groups -OCH3 is 1. The molecular weight excluding hydrogens is 534 g/mol. The van der Waals surface area contributed by atoms with Gasteiger partial charge in [-0.1, -0.05) is 55.5 Å².